The van der Waals surface area contributed by atoms with Gasteiger partial charge in [0, 0.05) is 24.7 Å². The van der Waals surface area contributed by atoms with Gasteiger partial charge in [0.2, 0.25) is 0 Å². The smallest absolute Gasteiger partial charge is 0.0220 e. The van der Waals surface area contributed by atoms with E-state index in [1.54, 1.807) is 0 Å². The molecule has 0 bridgehead atoms. The van der Waals surface area contributed by atoms with Gasteiger partial charge >= 0.3 is 0 Å². The molecule has 0 spiro atoms. The third-order valence-corrected chi connectivity index (χ3v) is 5.00. The van der Waals surface area contributed by atoms with E-state index in [4.69, 9.17) is 0 Å². The van der Waals surface area contributed by atoms with Crippen LogP contribution in [0.4, 0.5) is 0 Å². The number of nitrogens with zero attached hydrogens (tertiary/aromatic N) is 2. The molecular formula is C16H33N3. The molecule has 19 heavy (non-hydrogen) atoms. The largest absolute Gasteiger partial charge is 0.312 e. The van der Waals surface area contributed by atoms with Gasteiger partial charge in [0.1, 0.15) is 0 Å². The number of likely N-dealkylation sites (tertiary alicyclic amines) is 1. The molecule has 1 heterocycles. The Hall–Kier alpha value is -0.120. The molecule has 1 saturated carbocycles. The zero-order valence-corrected chi connectivity index (χ0v) is 13.2. The van der Waals surface area contributed by atoms with Crippen LogP contribution in [0.1, 0.15) is 52.4 Å². The van der Waals surface area contributed by atoms with Crippen molar-refractivity contribution in [3.8, 4) is 0 Å². The highest BCUT2D eigenvalue weighted by atomic mass is 15.2. The molecule has 0 aromatic heterocycles. The number of nitrogens with one attached hydrogen (secondary N) is 1. The molecule has 0 aromatic rings. The van der Waals surface area contributed by atoms with Crippen molar-refractivity contribution < 1.29 is 0 Å². The van der Waals surface area contributed by atoms with E-state index in [1.165, 1.54) is 64.7 Å². The van der Waals surface area contributed by atoms with E-state index in [0.29, 0.717) is 0 Å². The molecule has 1 N–H and O–H groups in total. The molecule has 3 nitrogen and oxygen atoms in total. The monoisotopic (exact) mass is 267 g/mol. The van der Waals surface area contributed by atoms with Crippen LogP contribution in [0.15, 0.2) is 0 Å². The molecule has 3 heteroatoms. The quantitative estimate of drug-likeness (QED) is 0.728. The van der Waals surface area contributed by atoms with E-state index in [0.717, 1.165) is 18.1 Å². The molecule has 112 valence electrons. The number of piperidine rings is 1. The van der Waals surface area contributed by atoms with Gasteiger partial charge in [0.05, 0.1) is 0 Å². The molecule has 1 aliphatic heterocycles. The summed E-state index contributed by atoms with van der Waals surface area (Å²) in [5.41, 5.74) is 0. The number of rotatable bonds is 8. The van der Waals surface area contributed by atoms with E-state index in [-0.39, 0.29) is 0 Å². The van der Waals surface area contributed by atoms with Crippen LogP contribution < -0.4 is 5.32 Å². The van der Waals surface area contributed by atoms with Crippen LogP contribution in [0, 0.1) is 0 Å². The van der Waals surface area contributed by atoms with Crippen LogP contribution in [0.25, 0.3) is 0 Å². The van der Waals surface area contributed by atoms with E-state index >= 15 is 0 Å². The standard InChI is InChI=1S/C16H33N3/c1-4-6-16(13-17-14-7-8-14)18(3)15-9-11-19(5-2)12-10-15/h14-17H,4-13H2,1-3H3. The maximum Gasteiger partial charge on any atom is 0.0220 e. The van der Waals surface area contributed by atoms with Crippen molar-refractivity contribution in [3.63, 3.8) is 0 Å². The SMILES string of the molecule is CCCC(CNC1CC1)N(C)C1CCN(CC)CC1. The van der Waals surface area contributed by atoms with Crippen LogP contribution in [0.2, 0.25) is 0 Å². The molecular weight excluding hydrogens is 234 g/mol. The zero-order chi connectivity index (χ0) is 13.7. The van der Waals surface area contributed by atoms with Crippen molar-refractivity contribution in [1.82, 2.24) is 15.1 Å². The van der Waals surface area contributed by atoms with Crippen LogP contribution >= 0.6 is 0 Å². The average Bonchev–Trinajstić information content (AvgIpc) is 3.27. The maximum absolute atomic E-state index is 3.73. The minimum Gasteiger partial charge on any atom is -0.312 e. The molecule has 0 radical (unpaired) electrons. The average molecular weight is 267 g/mol. The predicted octanol–water partition coefficient (Wildman–Crippen LogP) is 2.32. The molecule has 2 rings (SSSR count). The lowest BCUT2D eigenvalue weighted by Gasteiger charge is -2.40. The van der Waals surface area contributed by atoms with E-state index < -0.39 is 0 Å². The summed E-state index contributed by atoms with van der Waals surface area (Å²) in [5, 5.41) is 3.73. The van der Waals surface area contributed by atoms with Gasteiger partial charge in [0.25, 0.3) is 0 Å². The first-order chi connectivity index (χ1) is 9.24. The summed E-state index contributed by atoms with van der Waals surface area (Å²) in [4.78, 5) is 5.27. The molecule has 2 fully saturated rings. The van der Waals surface area contributed by atoms with Crippen molar-refractivity contribution in [2.45, 2.75) is 70.5 Å². The van der Waals surface area contributed by atoms with Gasteiger partial charge in [-0.25, -0.2) is 0 Å². The van der Waals surface area contributed by atoms with Gasteiger partial charge in [-0.05, 0) is 58.8 Å². The summed E-state index contributed by atoms with van der Waals surface area (Å²) in [6, 6.07) is 2.39. The second-order valence-electron chi connectivity index (χ2n) is 6.46. The first-order valence-corrected chi connectivity index (χ1v) is 8.42. The summed E-state index contributed by atoms with van der Waals surface area (Å²) in [5.74, 6) is 0. The predicted molar refractivity (Wildman–Crippen MR) is 82.6 cm³/mol. The second-order valence-corrected chi connectivity index (χ2v) is 6.46. The Labute approximate surface area is 119 Å². The molecule has 0 aromatic carbocycles. The second kappa shape index (κ2) is 7.61. The highest BCUT2D eigenvalue weighted by Gasteiger charge is 2.28. The summed E-state index contributed by atoms with van der Waals surface area (Å²) in [6.07, 6.45) is 8.15. The van der Waals surface area contributed by atoms with Gasteiger partial charge < -0.3 is 10.2 Å². The number of hydrogen-bond acceptors (Lipinski definition) is 3. The van der Waals surface area contributed by atoms with E-state index in [2.05, 4.69) is 36.0 Å². The molecule has 1 aliphatic carbocycles. The van der Waals surface area contributed by atoms with Crippen molar-refractivity contribution in [2.75, 3.05) is 33.2 Å². The van der Waals surface area contributed by atoms with Crippen LogP contribution in [0.5, 0.6) is 0 Å². The summed E-state index contributed by atoms with van der Waals surface area (Å²) >= 11 is 0. The Morgan fingerprint density at radius 2 is 1.84 bits per heavy atom. The minimum atomic E-state index is 0.740. The number of likely N-dealkylation sites (N-methyl/N-ethyl adjacent to an activating group) is 1. The highest BCUT2D eigenvalue weighted by molar-refractivity contribution is 4.86. The Morgan fingerprint density at radius 1 is 1.16 bits per heavy atom. The van der Waals surface area contributed by atoms with Gasteiger partial charge in [-0.2, -0.15) is 0 Å². The fourth-order valence-corrected chi connectivity index (χ4v) is 3.31. The third-order valence-electron chi connectivity index (χ3n) is 5.00. The van der Waals surface area contributed by atoms with Crippen LogP contribution in [-0.4, -0.2) is 61.2 Å². The minimum absolute atomic E-state index is 0.740. The van der Waals surface area contributed by atoms with Crippen LogP contribution in [0.3, 0.4) is 0 Å². The molecule has 1 atom stereocenters. The van der Waals surface area contributed by atoms with Gasteiger partial charge in [-0.3, -0.25) is 4.90 Å². The van der Waals surface area contributed by atoms with Crippen LogP contribution in [-0.2, 0) is 0 Å². The summed E-state index contributed by atoms with van der Waals surface area (Å²) in [7, 11) is 2.36. The molecule has 2 aliphatic rings. The van der Waals surface area contributed by atoms with Crippen molar-refractivity contribution in [2.24, 2.45) is 0 Å². The first kappa shape index (κ1) is 15.3. The Kier molecular flexibility index (Phi) is 6.11. The lowest BCUT2D eigenvalue weighted by molar-refractivity contribution is 0.0934. The van der Waals surface area contributed by atoms with Gasteiger partial charge in [-0.1, -0.05) is 20.3 Å². The van der Waals surface area contributed by atoms with Crippen molar-refractivity contribution in [3.05, 3.63) is 0 Å². The third kappa shape index (κ3) is 4.73. The lowest BCUT2D eigenvalue weighted by Crippen LogP contribution is -2.50. The van der Waals surface area contributed by atoms with E-state index in [1.807, 2.05) is 0 Å². The Morgan fingerprint density at radius 3 is 2.37 bits per heavy atom. The normalized spacial score (nSPS) is 24.0. The first-order valence-electron chi connectivity index (χ1n) is 8.42. The van der Waals surface area contributed by atoms with Crippen molar-refractivity contribution in [1.29, 1.82) is 0 Å². The fraction of sp³-hybridized carbons (Fsp3) is 1.00. The fourth-order valence-electron chi connectivity index (χ4n) is 3.31. The number of hydrogen-bond donors (Lipinski definition) is 1. The molecule has 0 amide bonds. The highest BCUT2D eigenvalue weighted by Crippen LogP contribution is 2.21. The topological polar surface area (TPSA) is 18.5 Å². The Balaban J connectivity index is 1.77. The molecule has 1 unspecified atom stereocenters. The Bertz CT molecular complexity index is 244. The maximum atomic E-state index is 3.73. The zero-order valence-electron chi connectivity index (χ0n) is 13.2. The molecule has 1 saturated heterocycles. The van der Waals surface area contributed by atoms with Gasteiger partial charge in [0.15, 0.2) is 0 Å². The van der Waals surface area contributed by atoms with Crippen molar-refractivity contribution >= 4 is 0 Å². The van der Waals surface area contributed by atoms with Gasteiger partial charge in [-0.15, -0.1) is 0 Å². The lowest BCUT2D eigenvalue weighted by atomic mass is 10.00. The summed E-state index contributed by atoms with van der Waals surface area (Å²) in [6.45, 7) is 9.60. The van der Waals surface area contributed by atoms with E-state index in [9.17, 15) is 0 Å². The summed E-state index contributed by atoms with van der Waals surface area (Å²) < 4.78 is 0.